The third-order valence-electron chi connectivity index (χ3n) is 22.8. The summed E-state index contributed by atoms with van der Waals surface area (Å²) in [6.45, 7) is 7.04. The number of carbonyl (C=O) groups excluding carboxylic acids is 4. The molecule has 13 nitrogen and oxygen atoms in total. The summed E-state index contributed by atoms with van der Waals surface area (Å²) < 4.78 is 0. The summed E-state index contributed by atoms with van der Waals surface area (Å²) in [5.74, 6) is 3.70. The van der Waals surface area contributed by atoms with E-state index in [4.69, 9.17) is 5.11 Å². The summed E-state index contributed by atoms with van der Waals surface area (Å²) >= 11 is 0. The maximum absolute atomic E-state index is 13.4. The number of nitrogens with one attached hydrogen (secondary N) is 4. The lowest BCUT2D eigenvalue weighted by Crippen LogP contribution is -2.53. The first-order valence-electron chi connectivity index (χ1n) is 42.4. The van der Waals surface area contributed by atoms with Gasteiger partial charge in [0.15, 0.2) is 0 Å². The molecule has 0 aromatic carbocycles. The van der Waals surface area contributed by atoms with E-state index in [1.807, 2.05) is 0 Å². The third-order valence-corrected chi connectivity index (χ3v) is 22.8. The molecule has 0 aromatic heterocycles. The summed E-state index contributed by atoms with van der Waals surface area (Å²) in [5.41, 5.74) is 0. The fourth-order valence-corrected chi connectivity index (χ4v) is 16.7. The van der Waals surface area contributed by atoms with E-state index in [2.05, 4.69) is 42.0 Å². The van der Waals surface area contributed by atoms with Crippen LogP contribution in [0.2, 0.25) is 0 Å². The number of unbranched alkanes of at least 4 members (excludes halogenated alkanes) is 31. The molecule has 13 heteroatoms. The average molecular weight is 1360 g/mol. The van der Waals surface area contributed by atoms with Gasteiger partial charge in [-0.15, -0.1) is 0 Å². The predicted molar refractivity (Wildman–Crippen MR) is 401 cm³/mol. The van der Waals surface area contributed by atoms with E-state index in [0.29, 0.717) is 51.4 Å². The highest BCUT2D eigenvalue weighted by atomic mass is 16.3. The van der Waals surface area contributed by atoms with E-state index >= 15 is 0 Å². The van der Waals surface area contributed by atoms with Gasteiger partial charge in [0.25, 0.3) is 0 Å². The number of rotatable bonds is 62. The lowest BCUT2D eigenvalue weighted by Gasteiger charge is -2.35. The molecule has 0 aliphatic heterocycles. The first-order valence-corrected chi connectivity index (χ1v) is 42.4. The monoisotopic (exact) mass is 1360 g/mol. The van der Waals surface area contributed by atoms with Crippen molar-refractivity contribution in [2.45, 2.75) is 474 Å². The van der Waals surface area contributed by atoms with Crippen molar-refractivity contribution in [1.82, 2.24) is 21.3 Å². The number of carbonyl (C=O) groups is 4. The van der Waals surface area contributed by atoms with Gasteiger partial charge in [0.05, 0.1) is 24.4 Å². The molecule has 3 aliphatic rings. The topological polar surface area (TPSA) is 218 Å². The van der Waals surface area contributed by atoms with Crippen LogP contribution in [0.3, 0.4) is 0 Å². The molecule has 3 fully saturated rings. The summed E-state index contributed by atoms with van der Waals surface area (Å²) in [6.07, 6.45) is 65.1. The molecule has 3 rings (SSSR count). The smallest absolute Gasteiger partial charge is 0.220 e. The van der Waals surface area contributed by atoms with Crippen LogP contribution in [0.15, 0.2) is 0 Å². The fourth-order valence-electron chi connectivity index (χ4n) is 16.7. The van der Waals surface area contributed by atoms with Crippen LogP contribution in [0.5, 0.6) is 0 Å². The van der Waals surface area contributed by atoms with Crippen molar-refractivity contribution in [3.05, 3.63) is 0 Å². The molecule has 4 amide bonds. The van der Waals surface area contributed by atoms with Crippen molar-refractivity contribution >= 4 is 23.6 Å². The van der Waals surface area contributed by atoms with Gasteiger partial charge in [-0.3, -0.25) is 19.2 Å². The molecule has 0 bridgehead atoms. The standard InChI is InChI=1S/C83H158N4O9/c1-4-7-10-13-18-30-47-68-64-69(48-31-19-14-11-8-5-2)66-71(50-33-25-27-41-62-83(96)87-75-54-45-43-52-73(75)85-81(94)60-39-23-16-21-36-57-78(91)79(92)58-37-28-29-46-63-88)67-70(65-68)49-32-24-26-40-61-82(95)86-74-53-44-42-51-72(74)84-80(93)59-38-22-15-20-35-56-77(90)76(89)55-34-17-12-9-6-3/h68-79,88-92H,4-67H2,1-3H3,(H,84,93)(H,85,94)(H,86,95)(H,87,96)/t68?,69?,70?,71?,72-,73+,74+,75-,76?,77?,78?,79?/m1/s1. The van der Waals surface area contributed by atoms with Crippen LogP contribution in [0.4, 0.5) is 0 Å². The van der Waals surface area contributed by atoms with Gasteiger partial charge in [-0.1, -0.05) is 290 Å². The average Bonchev–Trinajstić information content (AvgIpc) is 1.17. The van der Waals surface area contributed by atoms with Crippen LogP contribution in [-0.2, 0) is 19.2 Å². The Labute approximate surface area is 590 Å². The number of hydrogen-bond donors (Lipinski definition) is 9. The summed E-state index contributed by atoms with van der Waals surface area (Å²) in [7, 11) is 0. The van der Waals surface area contributed by atoms with Gasteiger partial charge in [0.1, 0.15) is 0 Å². The minimum atomic E-state index is -0.684. The molecule has 0 aromatic rings. The molecule has 564 valence electrons. The van der Waals surface area contributed by atoms with E-state index in [0.717, 1.165) is 203 Å². The van der Waals surface area contributed by atoms with Crippen molar-refractivity contribution in [2.75, 3.05) is 6.61 Å². The van der Waals surface area contributed by atoms with Gasteiger partial charge in [-0.25, -0.2) is 0 Å². The van der Waals surface area contributed by atoms with Crippen molar-refractivity contribution in [3.63, 3.8) is 0 Å². The lowest BCUT2D eigenvalue weighted by molar-refractivity contribution is -0.125. The fraction of sp³-hybridized carbons (Fsp3) is 0.952. The highest BCUT2D eigenvalue weighted by Gasteiger charge is 2.31. The predicted octanol–water partition coefficient (Wildman–Crippen LogP) is 19.5. The summed E-state index contributed by atoms with van der Waals surface area (Å²) in [6, 6.07) is 0.0161. The van der Waals surface area contributed by atoms with Gasteiger partial charge >= 0.3 is 0 Å². The van der Waals surface area contributed by atoms with Crippen LogP contribution in [-0.4, -0.2) is 104 Å². The van der Waals surface area contributed by atoms with Gasteiger partial charge in [-0.05, 0) is 133 Å². The molecular formula is C83H158N4O9. The van der Waals surface area contributed by atoms with Crippen LogP contribution >= 0.6 is 0 Å². The molecule has 0 heterocycles. The Morgan fingerprint density at radius 3 is 0.708 bits per heavy atom. The Morgan fingerprint density at radius 1 is 0.281 bits per heavy atom. The first kappa shape index (κ1) is 87.9. The second kappa shape index (κ2) is 60.3. The van der Waals surface area contributed by atoms with Crippen LogP contribution in [0.25, 0.3) is 0 Å². The Kier molecular flexibility index (Phi) is 55.2. The zero-order valence-corrected chi connectivity index (χ0v) is 63.1. The largest absolute Gasteiger partial charge is 0.396 e. The molecule has 9 N–H and O–H groups in total. The number of amides is 4. The van der Waals surface area contributed by atoms with Crippen molar-refractivity contribution in [3.8, 4) is 0 Å². The number of aliphatic hydroxyl groups excluding tert-OH is 5. The molecule has 12 atom stereocenters. The Balaban J connectivity index is 1.41. The lowest BCUT2D eigenvalue weighted by atomic mass is 9.70. The first-order chi connectivity index (χ1) is 46.8. The Bertz CT molecular complexity index is 1720. The second-order valence-corrected chi connectivity index (χ2v) is 31.7. The van der Waals surface area contributed by atoms with Crippen LogP contribution < -0.4 is 21.3 Å². The Hall–Kier alpha value is -2.32. The van der Waals surface area contributed by atoms with Gasteiger partial charge in [-0.2, -0.15) is 0 Å². The molecule has 0 radical (unpaired) electrons. The van der Waals surface area contributed by atoms with Crippen molar-refractivity contribution in [1.29, 1.82) is 0 Å². The number of aliphatic hydroxyl groups is 5. The second-order valence-electron chi connectivity index (χ2n) is 31.7. The van der Waals surface area contributed by atoms with Crippen molar-refractivity contribution < 1.29 is 44.7 Å². The molecule has 3 saturated carbocycles. The molecule has 8 unspecified atom stereocenters. The SMILES string of the molecule is CCCCCCCCC1CC(CCCCCCCC)CC(CCCCCCC(=O)N[C@@H]2CCCC[C@@H]2NC(=O)CCCCCCCC(O)C(O)CCCCCCO)CC(CCCCCCC(=O)N[C@H]2CCCC[C@H]2NC(=O)CCCCCCCC(O)C(O)CCCCCCC)C1. The van der Waals surface area contributed by atoms with E-state index in [1.54, 1.807) is 0 Å². The van der Waals surface area contributed by atoms with Gasteiger partial charge in [0.2, 0.25) is 23.6 Å². The minimum Gasteiger partial charge on any atom is -0.396 e. The third kappa shape index (κ3) is 46.2. The zero-order valence-electron chi connectivity index (χ0n) is 63.1. The van der Waals surface area contributed by atoms with Gasteiger partial charge in [0, 0.05) is 56.5 Å². The van der Waals surface area contributed by atoms with E-state index < -0.39 is 24.4 Å². The molecule has 3 aliphatic carbocycles. The van der Waals surface area contributed by atoms with Crippen LogP contribution in [0.1, 0.15) is 425 Å². The number of hydrogen-bond acceptors (Lipinski definition) is 9. The summed E-state index contributed by atoms with van der Waals surface area (Å²) in [5, 5.41) is 63.7. The van der Waals surface area contributed by atoms with Crippen LogP contribution in [0, 0.1) is 23.7 Å². The maximum atomic E-state index is 13.4. The minimum absolute atomic E-state index is 0.00241. The van der Waals surface area contributed by atoms with Gasteiger partial charge < -0.3 is 46.8 Å². The molecule has 0 saturated heterocycles. The summed E-state index contributed by atoms with van der Waals surface area (Å²) in [4.78, 5) is 53.1. The zero-order chi connectivity index (χ0) is 69.3. The maximum Gasteiger partial charge on any atom is 0.220 e. The highest BCUT2D eigenvalue weighted by molar-refractivity contribution is 5.78. The molecule has 96 heavy (non-hydrogen) atoms. The van der Waals surface area contributed by atoms with Crippen molar-refractivity contribution in [2.24, 2.45) is 23.7 Å². The van der Waals surface area contributed by atoms with E-state index in [9.17, 15) is 39.6 Å². The normalized spacial score (nSPS) is 22.2. The molecular weight excluding hydrogens is 1200 g/mol. The van der Waals surface area contributed by atoms with E-state index in [-0.39, 0.29) is 54.4 Å². The highest BCUT2D eigenvalue weighted by Crippen LogP contribution is 2.41. The Morgan fingerprint density at radius 2 is 0.479 bits per heavy atom. The molecule has 0 spiro atoms. The van der Waals surface area contributed by atoms with E-state index in [1.165, 1.54) is 173 Å². The quantitative estimate of drug-likeness (QED) is 0.0264.